The summed E-state index contributed by atoms with van der Waals surface area (Å²) in [5.74, 6) is -1.23. The van der Waals surface area contributed by atoms with E-state index in [1.54, 1.807) is 0 Å². The van der Waals surface area contributed by atoms with Crippen LogP contribution in [0.3, 0.4) is 0 Å². The van der Waals surface area contributed by atoms with Crippen molar-refractivity contribution in [1.82, 2.24) is 0 Å². The van der Waals surface area contributed by atoms with Crippen LogP contribution in [0.25, 0.3) is 0 Å². The highest BCUT2D eigenvalue weighted by Crippen LogP contribution is 2.25. The van der Waals surface area contributed by atoms with Crippen molar-refractivity contribution in [3.05, 3.63) is 11.3 Å². The lowest BCUT2D eigenvalue weighted by Gasteiger charge is -2.15. The van der Waals surface area contributed by atoms with Crippen molar-refractivity contribution in [2.24, 2.45) is 4.99 Å². The minimum Gasteiger partial charge on any atom is -0.495 e. The number of carboxylic acids is 2. The number of methoxy groups -OCH3 is 1. The molecule has 1 aliphatic rings. The number of allylic oxidation sites excluding steroid dienone is 2. The predicted molar refractivity (Wildman–Crippen MR) is 78.5 cm³/mol. The Morgan fingerprint density at radius 3 is 2.33 bits per heavy atom. The normalized spacial score (nSPS) is 22.2. The number of nitrogens with zero attached hydrogens (tertiary/aromatic N) is 1. The molecule has 0 aromatic heterocycles. The highest BCUT2D eigenvalue weighted by molar-refractivity contribution is 6.00. The lowest BCUT2D eigenvalue weighted by atomic mass is 10.0. The molecule has 6 heteroatoms. The van der Waals surface area contributed by atoms with Crippen LogP contribution in [0.4, 0.5) is 0 Å². The molecule has 0 heterocycles. The van der Waals surface area contributed by atoms with E-state index in [1.165, 1.54) is 7.11 Å². The Hall–Kier alpha value is -1.85. The summed E-state index contributed by atoms with van der Waals surface area (Å²) in [5.41, 5.74) is 1.59. The summed E-state index contributed by atoms with van der Waals surface area (Å²) in [6.07, 6.45) is 6.01. The number of aliphatic imine (C=N–C) groups is 1. The van der Waals surface area contributed by atoms with Gasteiger partial charge in [0.2, 0.25) is 0 Å². The van der Waals surface area contributed by atoms with E-state index in [0.29, 0.717) is 24.3 Å². The molecule has 1 aliphatic carbocycles. The van der Waals surface area contributed by atoms with E-state index in [0.717, 1.165) is 37.7 Å². The minimum absolute atomic E-state index is 0.0500. The number of ether oxygens (including phenoxy) is 1. The molecule has 0 bridgehead atoms. The third kappa shape index (κ3) is 6.42. The molecule has 0 aliphatic heterocycles. The first-order chi connectivity index (χ1) is 10.0. The van der Waals surface area contributed by atoms with Gasteiger partial charge in [-0.15, -0.1) is 0 Å². The first-order valence-corrected chi connectivity index (χ1v) is 7.28. The van der Waals surface area contributed by atoms with Crippen LogP contribution in [0.2, 0.25) is 0 Å². The van der Waals surface area contributed by atoms with E-state index in [4.69, 9.17) is 14.9 Å². The topological polar surface area (TPSA) is 96.2 Å². The number of hydrogen-bond donors (Lipinski definition) is 2. The molecule has 0 saturated heterocycles. The van der Waals surface area contributed by atoms with Gasteiger partial charge in [0.15, 0.2) is 0 Å². The summed E-state index contributed by atoms with van der Waals surface area (Å²) >= 11 is 0. The smallest absolute Gasteiger partial charge is 0.325 e. The van der Waals surface area contributed by atoms with Crippen molar-refractivity contribution in [2.75, 3.05) is 13.7 Å². The summed E-state index contributed by atoms with van der Waals surface area (Å²) in [5, 5.41) is 17.6. The molecule has 0 saturated carbocycles. The summed E-state index contributed by atoms with van der Waals surface area (Å²) in [4.78, 5) is 25.6. The number of carbonyl (C=O) groups is 2. The van der Waals surface area contributed by atoms with Gasteiger partial charge in [-0.1, -0.05) is 12.8 Å². The van der Waals surface area contributed by atoms with E-state index < -0.39 is 11.9 Å². The predicted octanol–water partition coefficient (Wildman–Crippen LogP) is 2.63. The van der Waals surface area contributed by atoms with Crippen LogP contribution < -0.4 is 0 Å². The van der Waals surface area contributed by atoms with Gasteiger partial charge in [-0.2, -0.15) is 0 Å². The lowest BCUT2D eigenvalue weighted by Crippen LogP contribution is -2.12. The summed E-state index contributed by atoms with van der Waals surface area (Å²) < 4.78 is 5.44. The molecule has 6 nitrogen and oxygen atoms in total. The van der Waals surface area contributed by atoms with Crippen molar-refractivity contribution in [3.63, 3.8) is 0 Å². The molecule has 2 N–H and O–H groups in total. The fraction of sp³-hybridized carbons (Fsp3) is 0.667. The van der Waals surface area contributed by atoms with Gasteiger partial charge in [-0.25, -0.2) is 0 Å². The number of rotatable bonds is 6. The Morgan fingerprint density at radius 2 is 1.76 bits per heavy atom. The standard InChI is InChI=1S/C15H23NO5/c1-21-15-11(8-9-13(17)18)6-4-2-3-5-7-12(15)16-10-14(19)20/h2-10H2,1H3,(H,17,18)(H,19,20)/b15-11-,16-12?. The van der Waals surface area contributed by atoms with Gasteiger partial charge in [-0.05, 0) is 37.7 Å². The van der Waals surface area contributed by atoms with Crippen molar-refractivity contribution in [1.29, 1.82) is 0 Å². The molecular formula is C15H23NO5. The van der Waals surface area contributed by atoms with Gasteiger partial charge < -0.3 is 14.9 Å². The zero-order valence-electron chi connectivity index (χ0n) is 12.4. The molecule has 0 radical (unpaired) electrons. The average Bonchev–Trinajstić information content (AvgIpc) is 2.52. The van der Waals surface area contributed by atoms with Crippen molar-refractivity contribution in [3.8, 4) is 0 Å². The van der Waals surface area contributed by atoms with E-state index in [-0.39, 0.29) is 13.0 Å². The second kappa shape index (κ2) is 9.15. The fourth-order valence-electron chi connectivity index (χ4n) is 2.49. The third-order valence-electron chi connectivity index (χ3n) is 3.48. The average molecular weight is 297 g/mol. The zero-order valence-corrected chi connectivity index (χ0v) is 12.4. The van der Waals surface area contributed by atoms with Gasteiger partial charge in [0.05, 0.1) is 12.8 Å². The molecule has 0 aromatic rings. The van der Waals surface area contributed by atoms with Crippen molar-refractivity contribution >= 4 is 17.7 Å². The van der Waals surface area contributed by atoms with Gasteiger partial charge in [-0.3, -0.25) is 14.6 Å². The van der Waals surface area contributed by atoms with Crippen LogP contribution in [0, 0.1) is 0 Å². The summed E-state index contributed by atoms with van der Waals surface area (Å²) in [6, 6.07) is 0. The Kier molecular flexibility index (Phi) is 7.50. The largest absolute Gasteiger partial charge is 0.495 e. The number of aliphatic carboxylic acids is 2. The molecular weight excluding hydrogens is 274 g/mol. The Morgan fingerprint density at radius 1 is 1.10 bits per heavy atom. The first-order valence-electron chi connectivity index (χ1n) is 7.28. The lowest BCUT2D eigenvalue weighted by molar-refractivity contribution is -0.137. The quantitative estimate of drug-likeness (QED) is 0.785. The molecule has 0 spiro atoms. The number of carboxylic acid groups (broad SMARTS) is 2. The van der Waals surface area contributed by atoms with Crippen LogP contribution in [-0.4, -0.2) is 41.5 Å². The van der Waals surface area contributed by atoms with E-state index in [1.807, 2.05) is 0 Å². The second-order valence-electron chi connectivity index (χ2n) is 5.10. The minimum atomic E-state index is -0.982. The Bertz CT molecular complexity index is 439. The van der Waals surface area contributed by atoms with Crippen LogP contribution in [-0.2, 0) is 14.3 Å². The second-order valence-corrected chi connectivity index (χ2v) is 5.10. The van der Waals surface area contributed by atoms with E-state index in [9.17, 15) is 9.59 Å². The molecule has 21 heavy (non-hydrogen) atoms. The molecule has 0 aromatic carbocycles. The maximum Gasteiger partial charge on any atom is 0.325 e. The van der Waals surface area contributed by atoms with Crippen LogP contribution in [0.1, 0.15) is 51.4 Å². The fourth-order valence-corrected chi connectivity index (χ4v) is 2.49. The molecule has 118 valence electrons. The molecule has 0 amide bonds. The van der Waals surface area contributed by atoms with Crippen LogP contribution >= 0.6 is 0 Å². The number of hydrogen-bond acceptors (Lipinski definition) is 4. The Labute approximate surface area is 124 Å². The van der Waals surface area contributed by atoms with Crippen LogP contribution in [0.5, 0.6) is 0 Å². The first kappa shape index (κ1) is 17.2. The van der Waals surface area contributed by atoms with Gasteiger partial charge >= 0.3 is 11.9 Å². The Balaban J connectivity index is 3.04. The highest BCUT2D eigenvalue weighted by atomic mass is 16.5. The maximum atomic E-state index is 10.8. The van der Waals surface area contributed by atoms with Crippen molar-refractivity contribution in [2.45, 2.75) is 51.4 Å². The zero-order chi connectivity index (χ0) is 15.7. The van der Waals surface area contributed by atoms with E-state index >= 15 is 0 Å². The van der Waals surface area contributed by atoms with Crippen molar-refractivity contribution < 1.29 is 24.5 Å². The van der Waals surface area contributed by atoms with Gasteiger partial charge in [0, 0.05) is 6.42 Å². The molecule has 0 unspecified atom stereocenters. The summed E-state index contributed by atoms with van der Waals surface area (Å²) in [7, 11) is 1.53. The summed E-state index contributed by atoms with van der Waals surface area (Å²) in [6.45, 7) is -0.283. The molecule has 1 rings (SSSR count). The van der Waals surface area contributed by atoms with Gasteiger partial charge in [0.1, 0.15) is 12.3 Å². The van der Waals surface area contributed by atoms with E-state index in [2.05, 4.69) is 4.99 Å². The SMILES string of the molecule is CO/C1=C(\CCC(=O)O)CCCCCCC1=NCC(=O)O. The molecule has 0 atom stereocenters. The van der Waals surface area contributed by atoms with Crippen LogP contribution in [0.15, 0.2) is 16.3 Å². The third-order valence-corrected chi connectivity index (χ3v) is 3.48. The molecule has 0 fully saturated rings. The van der Waals surface area contributed by atoms with Gasteiger partial charge in [0.25, 0.3) is 0 Å². The maximum absolute atomic E-state index is 10.8. The highest BCUT2D eigenvalue weighted by Gasteiger charge is 2.17. The monoisotopic (exact) mass is 297 g/mol.